The molecule has 2 bridgehead atoms. The molecule has 1 saturated carbocycles. The van der Waals surface area contributed by atoms with Crippen LogP contribution >= 0.6 is 11.6 Å². The number of pyridine rings is 1. The Kier molecular flexibility index (Phi) is 6.09. The monoisotopic (exact) mass is 521 g/mol. The summed E-state index contributed by atoms with van der Waals surface area (Å²) in [7, 11) is 1.34. The van der Waals surface area contributed by atoms with Crippen LogP contribution in [0.25, 0.3) is 10.9 Å². The zero-order valence-electron chi connectivity index (χ0n) is 20.7. The van der Waals surface area contributed by atoms with Gasteiger partial charge in [0.1, 0.15) is 29.0 Å². The summed E-state index contributed by atoms with van der Waals surface area (Å²) in [5, 5.41) is 0.0876. The van der Waals surface area contributed by atoms with Crippen LogP contribution in [0, 0.1) is 11.2 Å². The topological polar surface area (TPSA) is 107 Å². The van der Waals surface area contributed by atoms with Gasteiger partial charge in [-0.1, -0.05) is 11.6 Å². The Morgan fingerprint density at radius 2 is 1.86 bits per heavy atom. The van der Waals surface area contributed by atoms with Gasteiger partial charge in [-0.15, -0.1) is 0 Å². The molecular weight excluding hydrogens is 493 g/mol. The molecule has 1 amide bonds. The highest BCUT2D eigenvalue weighted by Gasteiger charge is 2.52. The van der Waals surface area contributed by atoms with Crippen molar-refractivity contribution >= 4 is 40.4 Å². The van der Waals surface area contributed by atoms with Gasteiger partial charge in [-0.3, -0.25) is 9.69 Å². The van der Waals surface area contributed by atoms with Crippen LogP contribution in [-0.2, 0) is 14.3 Å². The van der Waals surface area contributed by atoms with Gasteiger partial charge in [-0.25, -0.2) is 14.2 Å². The minimum Gasteiger partial charge on any atom is -0.468 e. The first-order valence-electron chi connectivity index (χ1n) is 12.0. The minimum atomic E-state index is -0.771. The molecule has 2 aromatic rings. The van der Waals surface area contributed by atoms with Gasteiger partial charge in [-0.05, 0) is 46.5 Å². The highest BCUT2D eigenvalue weighted by atomic mass is 35.5. The summed E-state index contributed by atoms with van der Waals surface area (Å²) in [4.78, 5) is 41.6. The number of methoxy groups -OCH3 is 1. The van der Waals surface area contributed by atoms with E-state index in [2.05, 4.69) is 15.0 Å². The van der Waals surface area contributed by atoms with Crippen LogP contribution in [0.1, 0.15) is 46.5 Å². The zero-order valence-corrected chi connectivity index (χ0v) is 21.5. The molecule has 0 unspecified atom stereocenters. The fourth-order valence-electron chi connectivity index (χ4n) is 4.97. The fraction of sp³-hybridized carbons (Fsp3) is 0.625. The number of fused-ring (bicyclic) bond motifs is 3. The third-order valence-corrected chi connectivity index (χ3v) is 7.20. The van der Waals surface area contributed by atoms with Crippen LogP contribution in [0.15, 0.2) is 6.20 Å². The second-order valence-corrected chi connectivity index (χ2v) is 11.1. The largest absolute Gasteiger partial charge is 0.468 e. The lowest BCUT2D eigenvalue weighted by Gasteiger charge is -2.42. The second-order valence-electron chi connectivity index (χ2n) is 10.7. The standard InChI is InChI=1S/C24H29ClFN5O5/c1-23(2,3)36-22(33)31-13-5-6-14(31)11-30(10-13)19-15-9-27-18(25)16(26)17(15)28-21(29-19)35-12-24(7-8-24)20(32)34-4/h9,13-14H,5-8,10-12H2,1-4H3/t13-,14+. The average molecular weight is 522 g/mol. The second kappa shape index (κ2) is 8.86. The van der Waals surface area contributed by atoms with Crippen molar-refractivity contribution in [1.82, 2.24) is 19.9 Å². The molecule has 1 aliphatic carbocycles. The quantitative estimate of drug-likeness (QED) is 0.429. The first-order chi connectivity index (χ1) is 17.0. The van der Waals surface area contributed by atoms with E-state index >= 15 is 0 Å². The summed E-state index contributed by atoms with van der Waals surface area (Å²) in [5.74, 6) is -0.675. The van der Waals surface area contributed by atoms with E-state index in [-0.39, 0.29) is 47.4 Å². The van der Waals surface area contributed by atoms with E-state index in [1.807, 2.05) is 30.6 Å². The van der Waals surface area contributed by atoms with Gasteiger partial charge in [0.05, 0.1) is 24.6 Å². The van der Waals surface area contributed by atoms with Crippen LogP contribution in [0.5, 0.6) is 6.01 Å². The Labute approximate surface area is 213 Å². The van der Waals surface area contributed by atoms with Crippen molar-refractivity contribution in [2.75, 3.05) is 31.7 Å². The molecule has 194 valence electrons. The number of carbonyl (C=O) groups is 2. The van der Waals surface area contributed by atoms with E-state index in [9.17, 15) is 14.0 Å². The molecule has 3 fully saturated rings. The minimum absolute atomic E-state index is 0.0140. The molecule has 36 heavy (non-hydrogen) atoms. The van der Waals surface area contributed by atoms with Gasteiger partial charge < -0.3 is 19.1 Å². The Bertz CT molecular complexity index is 1200. The van der Waals surface area contributed by atoms with E-state index in [1.165, 1.54) is 13.3 Å². The van der Waals surface area contributed by atoms with E-state index in [4.69, 9.17) is 25.8 Å². The van der Waals surface area contributed by atoms with Crippen LogP contribution in [0.4, 0.5) is 15.0 Å². The van der Waals surface area contributed by atoms with Gasteiger partial charge >= 0.3 is 18.1 Å². The van der Waals surface area contributed by atoms with Crippen molar-refractivity contribution in [3.63, 3.8) is 0 Å². The van der Waals surface area contributed by atoms with Crippen LogP contribution in [0.3, 0.4) is 0 Å². The number of anilines is 1. The molecular formula is C24H29ClFN5O5. The number of hydrogen-bond donors (Lipinski definition) is 0. The molecule has 2 saturated heterocycles. The summed E-state index contributed by atoms with van der Waals surface area (Å²) >= 11 is 5.94. The molecule has 5 rings (SSSR count). The molecule has 2 aromatic heterocycles. The zero-order chi connectivity index (χ0) is 25.8. The van der Waals surface area contributed by atoms with Crippen LogP contribution < -0.4 is 9.64 Å². The smallest absolute Gasteiger partial charge is 0.410 e. The predicted molar refractivity (Wildman–Crippen MR) is 129 cm³/mol. The van der Waals surface area contributed by atoms with Crippen molar-refractivity contribution in [2.24, 2.45) is 5.41 Å². The summed E-state index contributed by atoms with van der Waals surface area (Å²) in [6, 6.07) is -0.213. The molecule has 10 nitrogen and oxygen atoms in total. The lowest BCUT2D eigenvalue weighted by Crippen LogP contribution is -2.57. The van der Waals surface area contributed by atoms with Crippen molar-refractivity contribution < 1.29 is 28.2 Å². The highest BCUT2D eigenvalue weighted by molar-refractivity contribution is 6.30. The maximum absolute atomic E-state index is 15.0. The molecule has 3 aliphatic rings. The van der Waals surface area contributed by atoms with E-state index in [1.54, 1.807) is 0 Å². The van der Waals surface area contributed by atoms with Gasteiger partial charge in [0.2, 0.25) is 0 Å². The average Bonchev–Trinajstić information content (AvgIpc) is 3.57. The molecule has 2 aliphatic heterocycles. The predicted octanol–water partition coefficient (Wildman–Crippen LogP) is 3.74. The summed E-state index contributed by atoms with van der Waals surface area (Å²) in [5.41, 5.74) is -1.33. The Balaban J connectivity index is 1.44. The Morgan fingerprint density at radius 1 is 1.19 bits per heavy atom. The SMILES string of the molecule is COC(=O)C1(COc2nc(N3C[C@H]4CC[C@@H](C3)N4C(=O)OC(C)(C)C)c3cnc(Cl)c(F)c3n2)CC1. The maximum Gasteiger partial charge on any atom is 0.410 e. The molecule has 0 aromatic carbocycles. The van der Waals surface area contributed by atoms with E-state index < -0.39 is 16.8 Å². The number of piperazine rings is 1. The number of hydrogen-bond acceptors (Lipinski definition) is 9. The first-order valence-corrected chi connectivity index (χ1v) is 12.4. The first kappa shape index (κ1) is 24.7. The maximum atomic E-state index is 15.0. The third kappa shape index (κ3) is 4.49. The van der Waals surface area contributed by atoms with Gasteiger partial charge in [0.25, 0.3) is 0 Å². The van der Waals surface area contributed by atoms with Gasteiger partial charge in [0, 0.05) is 19.3 Å². The number of esters is 1. The highest BCUT2D eigenvalue weighted by Crippen LogP contribution is 2.47. The van der Waals surface area contributed by atoms with E-state index in [0.29, 0.717) is 37.1 Å². The normalized spacial score (nSPS) is 22.5. The number of amides is 1. The molecule has 0 spiro atoms. The number of nitrogens with zero attached hydrogens (tertiary/aromatic N) is 5. The van der Waals surface area contributed by atoms with Crippen LogP contribution in [-0.4, -0.2) is 76.4 Å². The molecule has 0 N–H and O–H groups in total. The van der Waals surface area contributed by atoms with Gasteiger partial charge in [0.15, 0.2) is 11.0 Å². The van der Waals surface area contributed by atoms with Crippen LogP contribution in [0.2, 0.25) is 5.15 Å². The lowest BCUT2D eigenvalue weighted by atomic mass is 10.1. The number of aromatic nitrogens is 3. The van der Waals surface area contributed by atoms with Crippen molar-refractivity contribution in [2.45, 2.75) is 64.1 Å². The number of rotatable bonds is 5. The molecule has 4 heterocycles. The lowest BCUT2D eigenvalue weighted by molar-refractivity contribution is -0.148. The van der Waals surface area contributed by atoms with E-state index in [0.717, 1.165) is 12.8 Å². The van der Waals surface area contributed by atoms with Crippen molar-refractivity contribution in [3.8, 4) is 6.01 Å². The number of carbonyl (C=O) groups excluding carboxylic acids is 2. The third-order valence-electron chi connectivity index (χ3n) is 6.94. The summed E-state index contributed by atoms with van der Waals surface area (Å²) in [6.45, 7) is 6.53. The molecule has 0 radical (unpaired) electrons. The van der Waals surface area contributed by atoms with Crippen molar-refractivity contribution in [1.29, 1.82) is 0 Å². The van der Waals surface area contributed by atoms with Crippen molar-refractivity contribution in [3.05, 3.63) is 17.2 Å². The Hall–Kier alpha value is -2.95. The Morgan fingerprint density at radius 3 is 2.44 bits per heavy atom. The van der Waals surface area contributed by atoms with Gasteiger partial charge in [-0.2, -0.15) is 9.97 Å². The molecule has 2 atom stereocenters. The number of ether oxygens (including phenoxy) is 3. The summed E-state index contributed by atoms with van der Waals surface area (Å²) in [6.07, 6.45) is 4.04. The summed E-state index contributed by atoms with van der Waals surface area (Å²) < 4.78 is 31.3. The fourth-order valence-corrected chi connectivity index (χ4v) is 5.11. The number of halogens is 2. The molecule has 12 heteroatoms.